The standard InChI is InChI=1S/C44H35N3S/c45-37-16-10-15-35-42(37)32-26-23-30(27-36(32)44(35)33-13-4-8-19-40(33)48-41-20-9-5-14-34(41)44)28-21-24-31(25-22-28)47-39-18-7-6-17-38(39)46-43(47)29-11-2-1-3-12-29/h4-10,13-27,29H,1-3,11-12,45H2. The van der Waals surface area contributed by atoms with Gasteiger partial charge in [0.2, 0.25) is 0 Å². The number of benzene rings is 6. The summed E-state index contributed by atoms with van der Waals surface area (Å²) < 4.78 is 2.42. The molecule has 0 amide bonds. The van der Waals surface area contributed by atoms with Gasteiger partial charge in [0.15, 0.2) is 0 Å². The second kappa shape index (κ2) is 10.7. The first-order valence-electron chi connectivity index (χ1n) is 17.2. The van der Waals surface area contributed by atoms with Gasteiger partial charge in [-0.1, -0.05) is 116 Å². The van der Waals surface area contributed by atoms with E-state index in [4.69, 9.17) is 10.7 Å². The lowest BCUT2D eigenvalue weighted by Crippen LogP contribution is -2.32. The molecular weight excluding hydrogens is 603 g/mol. The zero-order chi connectivity index (χ0) is 31.8. The number of para-hydroxylation sites is 2. The van der Waals surface area contributed by atoms with Crippen molar-refractivity contribution in [3.63, 3.8) is 0 Å². The van der Waals surface area contributed by atoms with Crippen molar-refractivity contribution in [2.45, 2.75) is 53.2 Å². The molecule has 2 N–H and O–H groups in total. The van der Waals surface area contributed by atoms with Crippen molar-refractivity contribution in [2.24, 2.45) is 0 Å². The van der Waals surface area contributed by atoms with Gasteiger partial charge in [-0.3, -0.25) is 4.57 Å². The molecular formula is C44H35N3S. The number of fused-ring (bicyclic) bond motifs is 10. The topological polar surface area (TPSA) is 43.8 Å². The molecule has 3 nitrogen and oxygen atoms in total. The fourth-order valence-electron chi connectivity index (χ4n) is 8.91. The summed E-state index contributed by atoms with van der Waals surface area (Å²) in [6.07, 6.45) is 6.35. The van der Waals surface area contributed by atoms with Gasteiger partial charge in [0.25, 0.3) is 0 Å². The van der Waals surface area contributed by atoms with Crippen LogP contribution in [0.1, 0.15) is 66.1 Å². The van der Waals surface area contributed by atoms with Gasteiger partial charge in [0.1, 0.15) is 5.82 Å². The molecule has 2 aliphatic carbocycles. The van der Waals surface area contributed by atoms with Gasteiger partial charge in [-0.2, -0.15) is 0 Å². The molecule has 6 aromatic carbocycles. The second-order valence-electron chi connectivity index (χ2n) is 13.6. The predicted octanol–water partition coefficient (Wildman–Crippen LogP) is 11.2. The molecule has 0 unspecified atom stereocenters. The number of nitrogens with zero attached hydrogens (tertiary/aromatic N) is 2. The molecule has 1 aliphatic heterocycles. The highest BCUT2D eigenvalue weighted by atomic mass is 32.2. The Hall–Kier alpha value is -5.06. The van der Waals surface area contributed by atoms with E-state index in [-0.39, 0.29) is 0 Å². The molecule has 232 valence electrons. The number of imidazole rings is 1. The van der Waals surface area contributed by atoms with Crippen molar-refractivity contribution in [1.82, 2.24) is 9.55 Å². The minimum absolute atomic E-state index is 0.445. The third-order valence-electron chi connectivity index (χ3n) is 11.0. The van der Waals surface area contributed by atoms with E-state index in [9.17, 15) is 0 Å². The lowest BCUT2D eigenvalue weighted by Gasteiger charge is -2.39. The molecule has 0 saturated heterocycles. The summed E-state index contributed by atoms with van der Waals surface area (Å²) in [5.74, 6) is 1.72. The van der Waals surface area contributed by atoms with E-state index in [1.54, 1.807) is 0 Å². The number of hydrogen-bond donors (Lipinski definition) is 1. The summed E-state index contributed by atoms with van der Waals surface area (Å²) in [5, 5.41) is 0. The molecule has 0 radical (unpaired) electrons. The van der Waals surface area contributed by atoms with Crippen molar-refractivity contribution in [3.05, 3.63) is 162 Å². The van der Waals surface area contributed by atoms with Crippen LogP contribution in [-0.2, 0) is 5.41 Å². The first-order chi connectivity index (χ1) is 23.7. The van der Waals surface area contributed by atoms with Gasteiger partial charge >= 0.3 is 0 Å². The summed E-state index contributed by atoms with van der Waals surface area (Å²) in [6, 6.07) is 49.1. The number of anilines is 1. The molecule has 48 heavy (non-hydrogen) atoms. The fraction of sp³-hybridized carbons (Fsp3) is 0.159. The Balaban J connectivity index is 1.15. The molecule has 7 aromatic rings. The third kappa shape index (κ3) is 3.93. The van der Waals surface area contributed by atoms with Crippen molar-refractivity contribution >= 4 is 28.5 Å². The Morgan fingerprint density at radius 2 is 1.29 bits per heavy atom. The van der Waals surface area contributed by atoms with Gasteiger partial charge in [-0.15, -0.1) is 0 Å². The van der Waals surface area contributed by atoms with Crippen molar-refractivity contribution in [1.29, 1.82) is 0 Å². The SMILES string of the molecule is Nc1cccc2c1-c1ccc(-c3ccc(-n4c(C5CCCCC5)nc5ccccc54)cc3)cc1C21c2ccccc2Sc2ccccc21. The van der Waals surface area contributed by atoms with E-state index in [0.29, 0.717) is 5.92 Å². The fourth-order valence-corrected chi connectivity index (χ4v) is 10.1. The summed E-state index contributed by atoms with van der Waals surface area (Å²) in [5.41, 5.74) is 20.7. The maximum absolute atomic E-state index is 6.82. The van der Waals surface area contributed by atoms with Gasteiger partial charge in [0, 0.05) is 32.6 Å². The maximum Gasteiger partial charge on any atom is 0.117 e. The number of aromatic nitrogens is 2. The van der Waals surface area contributed by atoms with Crippen LogP contribution in [0.2, 0.25) is 0 Å². The molecule has 1 aromatic heterocycles. The Kier molecular flexibility index (Phi) is 6.26. The van der Waals surface area contributed by atoms with Gasteiger partial charge in [-0.25, -0.2) is 4.98 Å². The van der Waals surface area contributed by atoms with Crippen molar-refractivity contribution in [2.75, 3.05) is 5.73 Å². The highest BCUT2D eigenvalue weighted by molar-refractivity contribution is 7.99. The Labute approximate surface area is 285 Å². The van der Waals surface area contributed by atoms with Crippen LogP contribution in [0, 0.1) is 0 Å². The Morgan fingerprint density at radius 1 is 0.625 bits per heavy atom. The molecule has 1 spiro atoms. The summed E-state index contributed by atoms with van der Waals surface area (Å²) >= 11 is 1.87. The van der Waals surface area contributed by atoms with E-state index in [1.807, 2.05) is 17.8 Å². The van der Waals surface area contributed by atoms with Gasteiger partial charge in [-0.05, 0) is 100 Å². The summed E-state index contributed by atoms with van der Waals surface area (Å²) in [4.78, 5) is 7.79. The predicted molar refractivity (Wildman–Crippen MR) is 198 cm³/mol. The van der Waals surface area contributed by atoms with Crippen LogP contribution in [0.5, 0.6) is 0 Å². The van der Waals surface area contributed by atoms with E-state index >= 15 is 0 Å². The normalized spacial score (nSPS) is 16.0. The Bertz CT molecular complexity index is 2330. The molecule has 0 atom stereocenters. The number of hydrogen-bond acceptors (Lipinski definition) is 3. The van der Waals surface area contributed by atoms with Crippen molar-refractivity contribution < 1.29 is 0 Å². The smallest absolute Gasteiger partial charge is 0.117 e. The molecule has 1 saturated carbocycles. The summed E-state index contributed by atoms with van der Waals surface area (Å²) in [6.45, 7) is 0. The molecule has 4 heteroatoms. The van der Waals surface area contributed by atoms with Crippen LogP contribution >= 0.6 is 11.8 Å². The molecule has 10 rings (SSSR count). The quantitative estimate of drug-likeness (QED) is 0.196. The maximum atomic E-state index is 6.82. The molecule has 3 aliphatic rings. The zero-order valence-corrected chi connectivity index (χ0v) is 27.5. The monoisotopic (exact) mass is 637 g/mol. The van der Waals surface area contributed by atoms with Crippen LogP contribution in [-0.4, -0.2) is 9.55 Å². The first kappa shape index (κ1) is 28.0. The van der Waals surface area contributed by atoms with Crippen LogP contribution in [0.15, 0.2) is 143 Å². The van der Waals surface area contributed by atoms with Gasteiger partial charge in [0.05, 0.1) is 16.4 Å². The molecule has 0 bridgehead atoms. The van der Waals surface area contributed by atoms with E-state index in [0.717, 1.165) is 16.8 Å². The largest absolute Gasteiger partial charge is 0.398 e. The Morgan fingerprint density at radius 3 is 2.06 bits per heavy atom. The van der Waals surface area contributed by atoms with Crippen LogP contribution in [0.25, 0.3) is 39.0 Å². The highest BCUT2D eigenvalue weighted by Gasteiger charge is 2.50. The minimum Gasteiger partial charge on any atom is -0.398 e. The second-order valence-corrected chi connectivity index (χ2v) is 14.6. The van der Waals surface area contributed by atoms with Crippen LogP contribution in [0.3, 0.4) is 0 Å². The number of nitrogen functional groups attached to an aromatic ring is 1. The zero-order valence-electron chi connectivity index (χ0n) is 26.7. The number of rotatable bonds is 3. The minimum atomic E-state index is -0.445. The van der Waals surface area contributed by atoms with Crippen LogP contribution < -0.4 is 5.73 Å². The average molecular weight is 638 g/mol. The number of nitrogens with two attached hydrogens (primary N) is 1. The van der Waals surface area contributed by atoms with E-state index in [2.05, 4.69) is 132 Å². The van der Waals surface area contributed by atoms with Crippen LogP contribution in [0.4, 0.5) is 5.69 Å². The molecule has 2 heterocycles. The van der Waals surface area contributed by atoms with E-state index < -0.39 is 5.41 Å². The highest BCUT2D eigenvalue weighted by Crippen LogP contribution is 2.63. The van der Waals surface area contributed by atoms with Crippen molar-refractivity contribution in [3.8, 4) is 27.9 Å². The average Bonchev–Trinajstić information content (AvgIpc) is 3.67. The molecule has 1 fully saturated rings. The lowest BCUT2D eigenvalue weighted by molar-refractivity contribution is 0.426. The van der Waals surface area contributed by atoms with Gasteiger partial charge < -0.3 is 5.73 Å². The van der Waals surface area contributed by atoms with E-state index in [1.165, 1.54) is 97.9 Å². The third-order valence-corrected chi connectivity index (χ3v) is 12.2. The first-order valence-corrected chi connectivity index (χ1v) is 18.0. The lowest BCUT2D eigenvalue weighted by atomic mass is 9.67. The summed E-state index contributed by atoms with van der Waals surface area (Å²) in [7, 11) is 0.